The topological polar surface area (TPSA) is 70.1 Å². The minimum Gasteiger partial charge on any atom is -0.493 e. The Morgan fingerprint density at radius 1 is 1.03 bits per heavy atom. The molecule has 0 N–H and O–H groups in total. The molecule has 3 heterocycles. The SMILES string of the molecule is C=CCCn1nc(-c2nccn3nccc23)nc1CCCOc1cccc2ccccc12. The number of hydrogen-bond acceptors (Lipinski definition) is 5. The lowest BCUT2D eigenvalue weighted by Crippen LogP contribution is -2.08. The second kappa shape index (κ2) is 9.01. The van der Waals surface area contributed by atoms with Gasteiger partial charge in [0.05, 0.1) is 18.3 Å². The first-order valence-electron chi connectivity index (χ1n) is 10.8. The van der Waals surface area contributed by atoms with Crippen molar-refractivity contribution in [3.8, 4) is 17.3 Å². The maximum absolute atomic E-state index is 6.10. The zero-order valence-corrected chi connectivity index (χ0v) is 17.8. The third-order valence-corrected chi connectivity index (χ3v) is 5.38. The summed E-state index contributed by atoms with van der Waals surface area (Å²) in [7, 11) is 0. The van der Waals surface area contributed by atoms with Crippen molar-refractivity contribution in [1.82, 2.24) is 29.4 Å². The van der Waals surface area contributed by atoms with Crippen molar-refractivity contribution < 1.29 is 4.74 Å². The van der Waals surface area contributed by atoms with Crippen LogP contribution in [0.2, 0.25) is 0 Å². The van der Waals surface area contributed by atoms with Gasteiger partial charge in [0.2, 0.25) is 5.82 Å². The number of fused-ring (bicyclic) bond motifs is 2. The van der Waals surface area contributed by atoms with E-state index in [0.717, 1.165) is 54.0 Å². The van der Waals surface area contributed by atoms with Crippen molar-refractivity contribution in [2.24, 2.45) is 0 Å². The molecule has 0 fully saturated rings. The van der Waals surface area contributed by atoms with Crippen molar-refractivity contribution in [2.45, 2.75) is 25.8 Å². The van der Waals surface area contributed by atoms with E-state index in [1.165, 1.54) is 5.39 Å². The largest absolute Gasteiger partial charge is 0.493 e. The van der Waals surface area contributed by atoms with Crippen LogP contribution in [0.15, 0.2) is 79.8 Å². The molecular formula is C25H24N6O. The van der Waals surface area contributed by atoms with Crippen molar-refractivity contribution in [1.29, 1.82) is 0 Å². The normalized spacial score (nSPS) is 11.2. The standard InChI is InChI=1S/C25H24N6O/c1-2-3-16-31-23(28-25(29-31)24-21-13-14-27-30(21)17-15-26-24)12-7-18-32-22-11-6-9-19-8-4-5-10-20(19)22/h2,4-6,8-11,13-15,17H,1,3,7,12,16,18H2. The summed E-state index contributed by atoms with van der Waals surface area (Å²) in [5, 5.41) is 11.3. The maximum Gasteiger partial charge on any atom is 0.202 e. The Balaban J connectivity index is 1.32. The average molecular weight is 425 g/mol. The van der Waals surface area contributed by atoms with Gasteiger partial charge in [-0.25, -0.2) is 19.2 Å². The third-order valence-electron chi connectivity index (χ3n) is 5.38. The van der Waals surface area contributed by atoms with E-state index in [2.05, 4.69) is 34.9 Å². The Morgan fingerprint density at radius 3 is 2.88 bits per heavy atom. The molecule has 0 radical (unpaired) electrons. The highest BCUT2D eigenvalue weighted by Gasteiger charge is 2.15. The van der Waals surface area contributed by atoms with Gasteiger partial charge in [-0.3, -0.25) is 0 Å². The molecule has 0 unspecified atom stereocenters. The van der Waals surface area contributed by atoms with Crippen LogP contribution in [0.1, 0.15) is 18.7 Å². The van der Waals surface area contributed by atoms with Gasteiger partial charge in [-0.05, 0) is 30.4 Å². The average Bonchev–Trinajstić information content (AvgIpc) is 3.47. The summed E-state index contributed by atoms with van der Waals surface area (Å²) in [6, 6.07) is 16.3. The highest BCUT2D eigenvalue weighted by atomic mass is 16.5. The second-order valence-corrected chi connectivity index (χ2v) is 7.52. The van der Waals surface area contributed by atoms with Crippen LogP contribution < -0.4 is 4.74 Å². The lowest BCUT2D eigenvalue weighted by Gasteiger charge is -2.09. The molecule has 5 rings (SSSR count). The Hall–Kier alpha value is -4.00. The molecule has 0 amide bonds. The van der Waals surface area contributed by atoms with Crippen LogP contribution in [0.25, 0.3) is 27.8 Å². The fourth-order valence-electron chi connectivity index (χ4n) is 3.82. The summed E-state index contributed by atoms with van der Waals surface area (Å²) in [4.78, 5) is 9.32. The Morgan fingerprint density at radius 2 is 1.94 bits per heavy atom. The van der Waals surface area contributed by atoms with Crippen LogP contribution in [0, 0.1) is 0 Å². The molecule has 3 aromatic heterocycles. The fraction of sp³-hybridized carbons (Fsp3) is 0.200. The summed E-state index contributed by atoms with van der Waals surface area (Å²) in [6.07, 6.45) is 9.60. The Kier molecular flexibility index (Phi) is 5.61. The molecular weight excluding hydrogens is 400 g/mol. The van der Waals surface area contributed by atoms with Crippen LogP contribution in [-0.4, -0.2) is 36.0 Å². The molecule has 0 bridgehead atoms. The van der Waals surface area contributed by atoms with Crippen molar-refractivity contribution >= 4 is 16.3 Å². The number of rotatable bonds is 9. The van der Waals surface area contributed by atoms with Crippen LogP contribution in [0.5, 0.6) is 5.75 Å². The molecule has 5 aromatic rings. The molecule has 0 aliphatic carbocycles. The molecule has 160 valence electrons. The van der Waals surface area contributed by atoms with Gasteiger partial charge in [-0.15, -0.1) is 11.7 Å². The molecule has 0 atom stereocenters. The Bertz CT molecular complexity index is 1360. The zero-order chi connectivity index (χ0) is 21.8. The van der Waals surface area contributed by atoms with E-state index >= 15 is 0 Å². The highest BCUT2D eigenvalue weighted by Crippen LogP contribution is 2.25. The van der Waals surface area contributed by atoms with Crippen molar-refractivity contribution in [3.05, 3.63) is 85.6 Å². The molecule has 0 aliphatic rings. The van der Waals surface area contributed by atoms with Crippen LogP contribution >= 0.6 is 0 Å². The number of aromatic nitrogens is 6. The summed E-state index contributed by atoms with van der Waals surface area (Å²) in [5.74, 6) is 2.45. The lowest BCUT2D eigenvalue weighted by atomic mass is 10.1. The summed E-state index contributed by atoms with van der Waals surface area (Å²) in [5.41, 5.74) is 1.62. The van der Waals surface area contributed by atoms with E-state index in [9.17, 15) is 0 Å². The number of hydrogen-bond donors (Lipinski definition) is 0. The predicted octanol–water partition coefficient (Wildman–Crippen LogP) is 4.73. The minimum absolute atomic E-state index is 0.605. The number of ether oxygens (including phenoxy) is 1. The van der Waals surface area contributed by atoms with Gasteiger partial charge in [0.15, 0.2) is 0 Å². The van der Waals surface area contributed by atoms with Gasteiger partial charge >= 0.3 is 0 Å². The minimum atomic E-state index is 0.605. The van der Waals surface area contributed by atoms with E-state index in [0.29, 0.717) is 12.4 Å². The number of aryl methyl sites for hydroxylation is 2. The summed E-state index contributed by atoms with van der Waals surface area (Å²) >= 11 is 0. The smallest absolute Gasteiger partial charge is 0.202 e. The van der Waals surface area contributed by atoms with Crippen LogP contribution in [0.3, 0.4) is 0 Å². The molecule has 0 spiro atoms. The number of allylic oxidation sites excluding steroid dienone is 1. The van der Waals surface area contributed by atoms with Gasteiger partial charge in [0.25, 0.3) is 0 Å². The fourth-order valence-corrected chi connectivity index (χ4v) is 3.82. The van der Waals surface area contributed by atoms with Crippen molar-refractivity contribution in [2.75, 3.05) is 6.61 Å². The van der Waals surface area contributed by atoms with E-state index in [1.54, 1.807) is 16.9 Å². The molecule has 0 saturated heterocycles. The van der Waals surface area contributed by atoms with Crippen molar-refractivity contribution in [3.63, 3.8) is 0 Å². The highest BCUT2D eigenvalue weighted by molar-refractivity contribution is 5.88. The molecule has 32 heavy (non-hydrogen) atoms. The van der Waals surface area contributed by atoms with E-state index in [-0.39, 0.29) is 0 Å². The van der Waals surface area contributed by atoms with E-state index in [4.69, 9.17) is 14.8 Å². The molecule has 0 aliphatic heterocycles. The first kappa shape index (κ1) is 19.9. The maximum atomic E-state index is 6.10. The second-order valence-electron chi connectivity index (χ2n) is 7.52. The molecule has 7 heteroatoms. The zero-order valence-electron chi connectivity index (χ0n) is 17.8. The monoisotopic (exact) mass is 424 g/mol. The summed E-state index contributed by atoms with van der Waals surface area (Å²) < 4.78 is 9.84. The van der Waals surface area contributed by atoms with Gasteiger partial charge in [-0.2, -0.15) is 5.10 Å². The quantitative estimate of drug-likeness (QED) is 0.253. The van der Waals surface area contributed by atoms with Gasteiger partial charge in [-0.1, -0.05) is 42.5 Å². The van der Waals surface area contributed by atoms with Gasteiger partial charge in [0.1, 0.15) is 17.3 Å². The number of benzene rings is 2. The van der Waals surface area contributed by atoms with Crippen LogP contribution in [0.4, 0.5) is 0 Å². The molecule has 2 aromatic carbocycles. The van der Waals surface area contributed by atoms with E-state index < -0.39 is 0 Å². The van der Waals surface area contributed by atoms with Gasteiger partial charge in [0, 0.05) is 30.7 Å². The summed E-state index contributed by atoms with van der Waals surface area (Å²) in [6.45, 7) is 5.17. The van der Waals surface area contributed by atoms with Gasteiger partial charge < -0.3 is 4.74 Å². The predicted molar refractivity (Wildman–Crippen MR) is 125 cm³/mol. The lowest BCUT2D eigenvalue weighted by molar-refractivity contribution is 0.312. The first-order valence-corrected chi connectivity index (χ1v) is 10.8. The number of nitrogens with zero attached hydrogens (tertiary/aromatic N) is 6. The van der Waals surface area contributed by atoms with E-state index in [1.807, 2.05) is 47.3 Å². The Labute approximate surface area is 186 Å². The van der Waals surface area contributed by atoms with Crippen LogP contribution in [-0.2, 0) is 13.0 Å². The molecule has 7 nitrogen and oxygen atoms in total. The molecule has 0 saturated carbocycles. The first-order chi connectivity index (χ1) is 15.8. The third kappa shape index (κ3) is 3.97.